The number of likely N-dealkylation sites (N-methyl/N-ethyl adjacent to an activating group) is 1. The first kappa shape index (κ1) is 13.2. The number of pyridine rings is 1. The highest BCUT2D eigenvalue weighted by atomic mass is 15.2. The van der Waals surface area contributed by atoms with Gasteiger partial charge in [0.05, 0.1) is 11.2 Å². The van der Waals surface area contributed by atoms with Crippen LogP contribution in [-0.2, 0) is 0 Å². The van der Waals surface area contributed by atoms with Crippen LogP contribution in [0.5, 0.6) is 0 Å². The van der Waals surface area contributed by atoms with Gasteiger partial charge in [0.1, 0.15) is 0 Å². The molecule has 2 heterocycles. The third kappa shape index (κ3) is 2.43. The highest BCUT2D eigenvalue weighted by molar-refractivity contribution is 5.98. The van der Waals surface area contributed by atoms with E-state index in [2.05, 4.69) is 34.3 Å². The molecule has 1 aromatic heterocycles. The normalized spacial score (nSPS) is 19.6. The molecule has 0 amide bonds. The Bertz CT molecular complexity index is 596. The molecule has 4 nitrogen and oxygen atoms in total. The second-order valence-electron chi connectivity index (χ2n) is 5.41. The smallest absolute Gasteiger partial charge is 0.0951 e. The summed E-state index contributed by atoms with van der Waals surface area (Å²) >= 11 is 0. The van der Waals surface area contributed by atoms with Crippen molar-refractivity contribution in [2.24, 2.45) is 0 Å². The summed E-state index contributed by atoms with van der Waals surface area (Å²) in [7, 11) is 0. The third-order valence-electron chi connectivity index (χ3n) is 4.23. The van der Waals surface area contributed by atoms with E-state index in [0.717, 1.165) is 35.4 Å². The monoisotopic (exact) mass is 270 g/mol. The average Bonchev–Trinajstić information content (AvgIpc) is 2.94. The molecule has 1 aliphatic rings. The zero-order valence-electron chi connectivity index (χ0n) is 12.0. The van der Waals surface area contributed by atoms with E-state index in [-0.39, 0.29) is 0 Å². The van der Waals surface area contributed by atoms with Gasteiger partial charge in [-0.15, -0.1) is 0 Å². The van der Waals surface area contributed by atoms with E-state index in [1.165, 1.54) is 19.4 Å². The van der Waals surface area contributed by atoms with Crippen molar-refractivity contribution in [3.05, 3.63) is 30.5 Å². The van der Waals surface area contributed by atoms with Crippen LogP contribution in [0, 0.1) is 0 Å². The van der Waals surface area contributed by atoms with Crippen LogP contribution in [0.2, 0.25) is 0 Å². The number of rotatable bonds is 4. The van der Waals surface area contributed by atoms with Crippen LogP contribution in [0.1, 0.15) is 19.8 Å². The summed E-state index contributed by atoms with van der Waals surface area (Å²) in [6, 6.07) is 8.67. The highest BCUT2D eigenvalue weighted by Crippen LogP contribution is 2.27. The minimum absolute atomic E-state index is 0.643. The Morgan fingerprint density at radius 3 is 3.15 bits per heavy atom. The summed E-state index contributed by atoms with van der Waals surface area (Å²) in [5.41, 5.74) is 8.74. The summed E-state index contributed by atoms with van der Waals surface area (Å²) in [5.74, 6) is 0. The number of benzene rings is 1. The van der Waals surface area contributed by atoms with Gasteiger partial charge in [-0.1, -0.05) is 6.92 Å². The molecule has 3 N–H and O–H groups in total. The third-order valence-corrected chi connectivity index (χ3v) is 4.23. The number of hydrogen-bond acceptors (Lipinski definition) is 4. The topological polar surface area (TPSA) is 54.2 Å². The molecule has 1 atom stereocenters. The van der Waals surface area contributed by atoms with Gasteiger partial charge in [-0.05, 0) is 50.2 Å². The van der Waals surface area contributed by atoms with Crippen LogP contribution in [0.25, 0.3) is 10.9 Å². The lowest BCUT2D eigenvalue weighted by atomic mass is 10.1. The minimum Gasteiger partial charge on any atom is -0.397 e. The highest BCUT2D eigenvalue weighted by Gasteiger charge is 2.22. The summed E-state index contributed by atoms with van der Waals surface area (Å²) in [5, 5.41) is 4.69. The molecule has 0 radical (unpaired) electrons. The van der Waals surface area contributed by atoms with Crippen LogP contribution in [0.4, 0.5) is 11.4 Å². The fraction of sp³-hybridized carbons (Fsp3) is 0.438. The standard InChI is InChI=1S/C16H22N4/c1-2-20-10-4-5-12(20)11-19-15-8-7-14(17)16-13(15)6-3-9-18-16/h3,6-9,12,19H,2,4-5,10-11,17H2,1H3. The molecule has 4 heteroatoms. The Morgan fingerprint density at radius 2 is 2.30 bits per heavy atom. The maximum Gasteiger partial charge on any atom is 0.0951 e. The fourth-order valence-electron chi connectivity index (χ4n) is 3.12. The first-order valence-corrected chi connectivity index (χ1v) is 7.40. The van der Waals surface area contributed by atoms with Crippen LogP contribution < -0.4 is 11.1 Å². The molecule has 106 valence electrons. The molecule has 1 unspecified atom stereocenters. The second-order valence-corrected chi connectivity index (χ2v) is 5.41. The van der Waals surface area contributed by atoms with Gasteiger partial charge in [-0.25, -0.2) is 0 Å². The van der Waals surface area contributed by atoms with Crippen molar-refractivity contribution < 1.29 is 0 Å². The van der Waals surface area contributed by atoms with Crippen molar-refractivity contribution in [3.63, 3.8) is 0 Å². The van der Waals surface area contributed by atoms with E-state index in [9.17, 15) is 0 Å². The van der Waals surface area contributed by atoms with E-state index >= 15 is 0 Å². The van der Waals surface area contributed by atoms with Gasteiger partial charge in [0.15, 0.2) is 0 Å². The molecule has 1 aliphatic heterocycles. The number of hydrogen-bond donors (Lipinski definition) is 2. The number of likely N-dealkylation sites (tertiary alicyclic amines) is 1. The Kier molecular flexibility index (Phi) is 3.74. The lowest BCUT2D eigenvalue weighted by molar-refractivity contribution is 0.277. The van der Waals surface area contributed by atoms with Crippen molar-refractivity contribution in [2.75, 3.05) is 30.7 Å². The van der Waals surface area contributed by atoms with E-state index in [1.807, 2.05) is 12.1 Å². The van der Waals surface area contributed by atoms with Gasteiger partial charge in [-0.2, -0.15) is 0 Å². The molecule has 0 spiro atoms. The zero-order chi connectivity index (χ0) is 13.9. The predicted molar refractivity (Wildman–Crippen MR) is 84.9 cm³/mol. The number of nitrogen functional groups attached to an aromatic ring is 1. The molecular weight excluding hydrogens is 248 g/mol. The summed E-state index contributed by atoms with van der Waals surface area (Å²) in [6.07, 6.45) is 4.38. The van der Waals surface area contributed by atoms with Gasteiger partial charge in [0.25, 0.3) is 0 Å². The predicted octanol–water partition coefficient (Wildman–Crippen LogP) is 2.71. The molecule has 1 aromatic carbocycles. The maximum absolute atomic E-state index is 5.99. The van der Waals surface area contributed by atoms with Crippen molar-refractivity contribution in [1.82, 2.24) is 9.88 Å². The summed E-state index contributed by atoms with van der Waals surface area (Å²) in [4.78, 5) is 6.92. The average molecular weight is 270 g/mol. The lowest BCUT2D eigenvalue weighted by Crippen LogP contribution is -2.34. The number of aromatic nitrogens is 1. The quantitative estimate of drug-likeness (QED) is 0.839. The Morgan fingerprint density at radius 1 is 1.40 bits per heavy atom. The van der Waals surface area contributed by atoms with E-state index in [0.29, 0.717) is 6.04 Å². The Labute approximate surface area is 120 Å². The first-order chi connectivity index (χ1) is 9.79. The van der Waals surface area contributed by atoms with Crippen molar-refractivity contribution in [2.45, 2.75) is 25.8 Å². The minimum atomic E-state index is 0.643. The van der Waals surface area contributed by atoms with Crippen molar-refractivity contribution in [3.8, 4) is 0 Å². The van der Waals surface area contributed by atoms with Crippen LogP contribution >= 0.6 is 0 Å². The number of nitrogens with two attached hydrogens (primary N) is 1. The number of fused-ring (bicyclic) bond motifs is 1. The molecule has 1 fully saturated rings. The Balaban J connectivity index is 1.79. The molecule has 0 saturated carbocycles. The summed E-state index contributed by atoms with van der Waals surface area (Å²) in [6.45, 7) is 5.59. The molecule has 2 aromatic rings. The number of anilines is 2. The van der Waals surface area contributed by atoms with Crippen LogP contribution in [-0.4, -0.2) is 35.6 Å². The molecule has 3 rings (SSSR count). The lowest BCUT2D eigenvalue weighted by Gasteiger charge is -2.23. The molecule has 0 aliphatic carbocycles. The first-order valence-electron chi connectivity index (χ1n) is 7.40. The largest absolute Gasteiger partial charge is 0.397 e. The fourth-order valence-corrected chi connectivity index (χ4v) is 3.12. The molecule has 1 saturated heterocycles. The Hall–Kier alpha value is -1.81. The molecular formula is C16H22N4. The van der Waals surface area contributed by atoms with E-state index < -0.39 is 0 Å². The van der Waals surface area contributed by atoms with Crippen molar-refractivity contribution in [1.29, 1.82) is 0 Å². The maximum atomic E-state index is 5.99. The zero-order valence-corrected chi connectivity index (χ0v) is 12.0. The van der Waals surface area contributed by atoms with Crippen LogP contribution in [0.3, 0.4) is 0 Å². The second kappa shape index (κ2) is 5.67. The van der Waals surface area contributed by atoms with Gasteiger partial charge < -0.3 is 11.1 Å². The van der Waals surface area contributed by atoms with Gasteiger partial charge >= 0.3 is 0 Å². The number of nitrogens with one attached hydrogen (secondary N) is 1. The van der Waals surface area contributed by atoms with Gasteiger partial charge in [-0.3, -0.25) is 9.88 Å². The van der Waals surface area contributed by atoms with Gasteiger partial charge in [0, 0.05) is 29.9 Å². The molecule has 20 heavy (non-hydrogen) atoms. The van der Waals surface area contributed by atoms with Crippen molar-refractivity contribution >= 4 is 22.3 Å². The SMILES string of the molecule is CCN1CCCC1CNc1ccc(N)c2ncccc12. The van der Waals surface area contributed by atoms with Crippen LogP contribution in [0.15, 0.2) is 30.5 Å². The van der Waals surface area contributed by atoms with E-state index in [1.54, 1.807) is 6.20 Å². The molecule has 0 bridgehead atoms. The summed E-state index contributed by atoms with van der Waals surface area (Å²) < 4.78 is 0. The number of nitrogens with zero attached hydrogens (tertiary/aromatic N) is 2. The van der Waals surface area contributed by atoms with Gasteiger partial charge in [0.2, 0.25) is 0 Å². The van der Waals surface area contributed by atoms with E-state index in [4.69, 9.17) is 5.73 Å².